The van der Waals surface area contributed by atoms with E-state index < -0.39 is 6.03 Å². The van der Waals surface area contributed by atoms with Gasteiger partial charge in [0.2, 0.25) is 0 Å². The Hall–Kier alpha value is -1.95. The van der Waals surface area contributed by atoms with E-state index in [0.29, 0.717) is 13.1 Å². The van der Waals surface area contributed by atoms with E-state index >= 15 is 0 Å². The first kappa shape index (κ1) is 12.5. The molecule has 1 heterocycles. The zero-order chi connectivity index (χ0) is 12.8. The second-order valence-electron chi connectivity index (χ2n) is 3.96. The molecule has 4 N–H and O–H groups in total. The van der Waals surface area contributed by atoms with Crippen molar-refractivity contribution in [2.45, 2.75) is 12.7 Å². The van der Waals surface area contributed by atoms with E-state index in [1.165, 1.54) is 0 Å². The Morgan fingerprint density at radius 3 is 2.50 bits per heavy atom. The van der Waals surface area contributed by atoms with Crippen LogP contribution in [0.5, 0.6) is 11.5 Å². The number of hydrogen-bond acceptors (Lipinski definition) is 4. The van der Waals surface area contributed by atoms with Gasteiger partial charge >= 0.3 is 6.03 Å². The molecule has 1 aliphatic heterocycles. The highest BCUT2D eigenvalue weighted by atomic mass is 16.7. The average molecular weight is 251 g/mol. The summed E-state index contributed by atoms with van der Waals surface area (Å²) in [5.41, 5.74) is 4.94. The number of urea groups is 1. The Bertz CT molecular complexity index is 386. The molecule has 18 heavy (non-hydrogen) atoms. The van der Waals surface area contributed by atoms with Gasteiger partial charge in [0, 0.05) is 6.54 Å². The molecule has 0 saturated carbocycles. The second-order valence-corrected chi connectivity index (χ2v) is 3.96. The molecule has 6 heteroatoms. The lowest BCUT2D eigenvalue weighted by atomic mass is 10.3. The van der Waals surface area contributed by atoms with Gasteiger partial charge in [0.25, 0.3) is 6.29 Å². The predicted octanol–water partition coefficient (Wildman–Crippen LogP) is 0.432. The number of fused-ring (bicyclic) bond motifs is 1. The summed E-state index contributed by atoms with van der Waals surface area (Å²) in [6.07, 6.45) is 0.522. The Labute approximate surface area is 105 Å². The summed E-state index contributed by atoms with van der Waals surface area (Å²) in [5, 5.41) is 5.72. The SMILES string of the molecule is NC(=O)NCCCNCC1Oc2ccccc2O1. The molecule has 0 radical (unpaired) electrons. The minimum Gasteiger partial charge on any atom is -0.450 e. The predicted molar refractivity (Wildman–Crippen MR) is 66.6 cm³/mol. The monoisotopic (exact) mass is 251 g/mol. The van der Waals surface area contributed by atoms with Gasteiger partial charge in [-0.25, -0.2) is 4.79 Å². The molecule has 1 aromatic rings. The molecule has 0 aliphatic carbocycles. The molecule has 6 nitrogen and oxygen atoms in total. The smallest absolute Gasteiger partial charge is 0.312 e. The summed E-state index contributed by atoms with van der Waals surface area (Å²) in [7, 11) is 0. The normalized spacial score (nSPS) is 13.6. The molecule has 0 aromatic heterocycles. The van der Waals surface area contributed by atoms with Crippen LogP contribution >= 0.6 is 0 Å². The number of carbonyl (C=O) groups excluding carboxylic acids is 1. The first-order valence-electron chi connectivity index (χ1n) is 5.92. The van der Waals surface area contributed by atoms with E-state index in [2.05, 4.69) is 10.6 Å². The quantitative estimate of drug-likeness (QED) is 0.640. The maximum atomic E-state index is 10.4. The van der Waals surface area contributed by atoms with E-state index in [9.17, 15) is 4.79 Å². The van der Waals surface area contributed by atoms with Crippen molar-refractivity contribution in [1.82, 2.24) is 10.6 Å². The number of primary amides is 1. The van der Waals surface area contributed by atoms with Crippen molar-refractivity contribution in [3.8, 4) is 11.5 Å². The van der Waals surface area contributed by atoms with Crippen molar-refractivity contribution in [2.24, 2.45) is 5.73 Å². The van der Waals surface area contributed by atoms with Gasteiger partial charge in [0.05, 0.1) is 6.54 Å². The Balaban J connectivity index is 1.58. The summed E-state index contributed by atoms with van der Waals surface area (Å²) in [6.45, 7) is 1.93. The van der Waals surface area contributed by atoms with Gasteiger partial charge in [-0.05, 0) is 25.1 Å². The molecule has 0 fully saturated rings. The lowest BCUT2D eigenvalue weighted by molar-refractivity contribution is 0.0500. The summed E-state index contributed by atoms with van der Waals surface area (Å²) >= 11 is 0. The van der Waals surface area contributed by atoms with Gasteiger partial charge in [-0.15, -0.1) is 0 Å². The Morgan fingerprint density at radius 1 is 1.22 bits per heavy atom. The molecule has 0 spiro atoms. The Kier molecular flexibility index (Phi) is 4.25. The molecular weight excluding hydrogens is 234 g/mol. The molecule has 0 saturated heterocycles. The van der Waals surface area contributed by atoms with Gasteiger partial charge in [-0.3, -0.25) is 0 Å². The summed E-state index contributed by atoms with van der Waals surface area (Å²) in [4.78, 5) is 10.4. The molecule has 0 atom stereocenters. The first-order valence-corrected chi connectivity index (χ1v) is 5.92. The molecule has 2 amide bonds. The average Bonchev–Trinajstić information content (AvgIpc) is 2.75. The first-order chi connectivity index (χ1) is 8.75. The highest BCUT2D eigenvalue weighted by Gasteiger charge is 2.22. The highest BCUT2D eigenvalue weighted by molar-refractivity contribution is 5.71. The largest absolute Gasteiger partial charge is 0.450 e. The fraction of sp³-hybridized carbons (Fsp3) is 0.417. The van der Waals surface area contributed by atoms with Crippen LogP contribution in [-0.4, -0.2) is 32.0 Å². The molecule has 98 valence electrons. The van der Waals surface area contributed by atoms with Gasteiger partial charge in [0.15, 0.2) is 11.5 Å². The third-order valence-corrected chi connectivity index (χ3v) is 2.51. The van der Waals surface area contributed by atoms with Crippen LogP contribution in [0, 0.1) is 0 Å². The second kappa shape index (κ2) is 6.11. The van der Waals surface area contributed by atoms with Crippen molar-refractivity contribution in [3.05, 3.63) is 24.3 Å². The van der Waals surface area contributed by atoms with Crippen molar-refractivity contribution < 1.29 is 14.3 Å². The van der Waals surface area contributed by atoms with Crippen LogP contribution in [0.1, 0.15) is 6.42 Å². The van der Waals surface area contributed by atoms with Crippen LogP contribution in [0.4, 0.5) is 4.79 Å². The van der Waals surface area contributed by atoms with Crippen LogP contribution < -0.4 is 25.8 Å². The van der Waals surface area contributed by atoms with Crippen molar-refractivity contribution in [3.63, 3.8) is 0 Å². The van der Waals surface area contributed by atoms with Crippen molar-refractivity contribution in [1.29, 1.82) is 0 Å². The number of hydrogen-bond donors (Lipinski definition) is 3. The molecule has 2 rings (SSSR count). The van der Waals surface area contributed by atoms with Crippen LogP contribution in [-0.2, 0) is 0 Å². The number of nitrogens with two attached hydrogens (primary N) is 1. The van der Waals surface area contributed by atoms with E-state index in [0.717, 1.165) is 24.5 Å². The maximum Gasteiger partial charge on any atom is 0.312 e. The van der Waals surface area contributed by atoms with E-state index in [4.69, 9.17) is 15.2 Å². The van der Waals surface area contributed by atoms with Gasteiger partial charge in [-0.2, -0.15) is 0 Å². The van der Waals surface area contributed by atoms with Crippen LogP contribution in [0.25, 0.3) is 0 Å². The van der Waals surface area contributed by atoms with Crippen LogP contribution in [0.15, 0.2) is 24.3 Å². The molecule has 1 aromatic carbocycles. The molecule has 0 unspecified atom stereocenters. The van der Waals surface area contributed by atoms with E-state index in [1.54, 1.807) is 0 Å². The molecular formula is C12H17N3O3. The zero-order valence-electron chi connectivity index (χ0n) is 10.0. The summed E-state index contributed by atoms with van der Waals surface area (Å²) in [6, 6.07) is 7.09. The number of ether oxygens (including phenoxy) is 2. The Morgan fingerprint density at radius 2 is 1.89 bits per heavy atom. The lowest BCUT2D eigenvalue weighted by Gasteiger charge is -2.11. The fourth-order valence-electron chi connectivity index (χ4n) is 1.68. The molecule has 1 aliphatic rings. The minimum absolute atomic E-state index is 0.286. The van der Waals surface area contributed by atoms with Gasteiger partial charge in [0.1, 0.15) is 0 Å². The number of benzene rings is 1. The van der Waals surface area contributed by atoms with Gasteiger partial charge in [-0.1, -0.05) is 12.1 Å². The summed E-state index contributed by atoms with van der Waals surface area (Å²) in [5.74, 6) is 1.55. The summed E-state index contributed by atoms with van der Waals surface area (Å²) < 4.78 is 11.2. The number of rotatable bonds is 6. The lowest BCUT2D eigenvalue weighted by Crippen LogP contribution is -2.35. The van der Waals surface area contributed by atoms with Crippen LogP contribution in [0.3, 0.4) is 0 Å². The topological polar surface area (TPSA) is 85.6 Å². The number of para-hydroxylation sites is 2. The minimum atomic E-state index is -0.493. The van der Waals surface area contributed by atoms with Crippen molar-refractivity contribution >= 4 is 6.03 Å². The van der Waals surface area contributed by atoms with Gasteiger partial charge < -0.3 is 25.8 Å². The maximum absolute atomic E-state index is 10.4. The molecule has 0 bridgehead atoms. The third kappa shape index (κ3) is 3.53. The highest BCUT2D eigenvalue weighted by Crippen LogP contribution is 2.33. The van der Waals surface area contributed by atoms with Crippen molar-refractivity contribution in [2.75, 3.05) is 19.6 Å². The number of amides is 2. The fourth-order valence-corrected chi connectivity index (χ4v) is 1.68. The number of carbonyl (C=O) groups is 1. The van der Waals surface area contributed by atoms with E-state index in [-0.39, 0.29) is 6.29 Å². The third-order valence-electron chi connectivity index (χ3n) is 2.51. The zero-order valence-corrected chi connectivity index (χ0v) is 10.0. The van der Waals surface area contributed by atoms with Crippen LogP contribution in [0.2, 0.25) is 0 Å². The standard InChI is InChI=1S/C12H17N3O3/c13-12(16)15-7-3-6-14-8-11-17-9-4-1-2-5-10(9)18-11/h1-2,4-5,11,14H,3,6-8H2,(H3,13,15,16). The number of nitrogens with one attached hydrogen (secondary N) is 2. The van der Waals surface area contributed by atoms with E-state index in [1.807, 2.05) is 24.3 Å².